The first-order valence-electron chi connectivity index (χ1n) is 10.3. The molecule has 8 heteroatoms. The second-order valence-electron chi connectivity index (χ2n) is 8.01. The maximum atomic E-state index is 12.2. The standard InChI is InChI=1S/C22H24N6O2/c1-12-21(25-14-7-9-28(11-14)13(2)29)27-20-15(4-3-5-18(20)24-12)19-10-16-17(26-19)6-8-23-22(16)30/h3-5,10,14,26H,6-9,11H2,1-2H3,(H,23,30)(H,25,27). The summed E-state index contributed by atoms with van der Waals surface area (Å²) in [6.45, 7) is 5.62. The van der Waals surface area contributed by atoms with Gasteiger partial charge in [-0.1, -0.05) is 12.1 Å². The highest BCUT2D eigenvalue weighted by Gasteiger charge is 2.25. The van der Waals surface area contributed by atoms with E-state index in [-0.39, 0.29) is 17.9 Å². The van der Waals surface area contributed by atoms with Gasteiger partial charge in [0.05, 0.1) is 16.8 Å². The number of rotatable bonds is 3. The van der Waals surface area contributed by atoms with E-state index in [1.807, 2.05) is 36.1 Å². The average molecular weight is 404 g/mol. The van der Waals surface area contributed by atoms with E-state index < -0.39 is 0 Å². The van der Waals surface area contributed by atoms with Crippen LogP contribution >= 0.6 is 0 Å². The van der Waals surface area contributed by atoms with Gasteiger partial charge in [0.2, 0.25) is 5.91 Å². The van der Waals surface area contributed by atoms with Crippen molar-refractivity contribution in [3.05, 3.63) is 41.2 Å². The Morgan fingerprint density at radius 2 is 2.13 bits per heavy atom. The summed E-state index contributed by atoms with van der Waals surface area (Å²) in [6, 6.07) is 7.96. The Balaban J connectivity index is 1.52. The van der Waals surface area contributed by atoms with Crippen molar-refractivity contribution in [1.82, 2.24) is 25.2 Å². The van der Waals surface area contributed by atoms with E-state index in [1.54, 1.807) is 6.92 Å². The molecule has 30 heavy (non-hydrogen) atoms. The van der Waals surface area contributed by atoms with Gasteiger partial charge in [0, 0.05) is 56.0 Å². The molecule has 0 aliphatic carbocycles. The number of aryl methyl sites for hydroxylation is 1. The maximum Gasteiger partial charge on any atom is 0.253 e. The molecule has 1 fully saturated rings. The Bertz CT molecular complexity index is 1170. The molecule has 2 aliphatic rings. The number of fused-ring (bicyclic) bond motifs is 2. The van der Waals surface area contributed by atoms with Crippen LogP contribution in [0.2, 0.25) is 0 Å². The van der Waals surface area contributed by atoms with Crippen LogP contribution < -0.4 is 10.6 Å². The molecule has 3 aromatic rings. The van der Waals surface area contributed by atoms with Crippen molar-refractivity contribution < 1.29 is 9.59 Å². The lowest BCUT2D eigenvalue weighted by Gasteiger charge is -2.17. The van der Waals surface area contributed by atoms with Crippen LogP contribution in [0, 0.1) is 6.92 Å². The minimum absolute atomic E-state index is 0.0421. The number of H-pyrrole nitrogens is 1. The summed E-state index contributed by atoms with van der Waals surface area (Å²) >= 11 is 0. The number of aromatic nitrogens is 3. The first-order chi connectivity index (χ1) is 14.5. The van der Waals surface area contributed by atoms with Crippen LogP contribution in [0.5, 0.6) is 0 Å². The van der Waals surface area contributed by atoms with E-state index in [4.69, 9.17) is 9.97 Å². The van der Waals surface area contributed by atoms with Gasteiger partial charge >= 0.3 is 0 Å². The topological polar surface area (TPSA) is 103 Å². The lowest BCUT2D eigenvalue weighted by molar-refractivity contribution is -0.127. The summed E-state index contributed by atoms with van der Waals surface area (Å²) in [5, 5.41) is 6.36. The number of carbonyl (C=O) groups is 2. The Morgan fingerprint density at radius 1 is 1.27 bits per heavy atom. The molecule has 0 saturated carbocycles. The fourth-order valence-electron chi connectivity index (χ4n) is 4.32. The number of para-hydroxylation sites is 1. The van der Waals surface area contributed by atoms with E-state index in [0.717, 1.165) is 58.9 Å². The summed E-state index contributed by atoms with van der Waals surface area (Å²) in [7, 11) is 0. The maximum absolute atomic E-state index is 12.2. The second-order valence-corrected chi connectivity index (χ2v) is 8.01. The molecule has 2 amide bonds. The van der Waals surface area contributed by atoms with E-state index in [2.05, 4.69) is 15.6 Å². The van der Waals surface area contributed by atoms with E-state index in [1.165, 1.54) is 0 Å². The largest absolute Gasteiger partial charge is 0.364 e. The zero-order valence-electron chi connectivity index (χ0n) is 17.1. The van der Waals surface area contributed by atoms with Crippen LogP contribution in [0.15, 0.2) is 24.3 Å². The zero-order chi connectivity index (χ0) is 20.8. The van der Waals surface area contributed by atoms with Gasteiger partial charge < -0.3 is 20.5 Å². The first kappa shape index (κ1) is 18.6. The predicted molar refractivity (Wildman–Crippen MR) is 114 cm³/mol. The number of amides is 2. The third-order valence-electron chi connectivity index (χ3n) is 5.94. The molecule has 8 nitrogen and oxygen atoms in total. The minimum atomic E-state index is -0.0421. The van der Waals surface area contributed by atoms with Crippen molar-refractivity contribution in [2.45, 2.75) is 32.7 Å². The first-order valence-corrected chi connectivity index (χ1v) is 10.3. The van der Waals surface area contributed by atoms with Gasteiger partial charge in [-0.15, -0.1) is 0 Å². The summed E-state index contributed by atoms with van der Waals surface area (Å²) in [4.78, 5) is 38.7. The molecule has 3 N–H and O–H groups in total. The predicted octanol–water partition coefficient (Wildman–Crippen LogP) is 2.25. The van der Waals surface area contributed by atoms with Crippen molar-refractivity contribution in [3.8, 4) is 11.3 Å². The molecular weight excluding hydrogens is 380 g/mol. The van der Waals surface area contributed by atoms with Gasteiger partial charge in [0.25, 0.3) is 5.91 Å². The van der Waals surface area contributed by atoms with E-state index in [9.17, 15) is 9.59 Å². The molecular formula is C22H24N6O2. The zero-order valence-corrected chi connectivity index (χ0v) is 17.1. The molecule has 1 saturated heterocycles. The Hall–Kier alpha value is -3.42. The van der Waals surface area contributed by atoms with Crippen molar-refractivity contribution in [3.63, 3.8) is 0 Å². The summed E-state index contributed by atoms with van der Waals surface area (Å²) in [6.07, 6.45) is 1.68. The quantitative estimate of drug-likeness (QED) is 0.621. The Morgan fingerprint density at radius 3 is 2.90 bits per heavy atom. The van der Waals surface area contributed by atoms with Crippen LogP contribution in [-0.2, 0) is 11.2 Å². The normalized spacial score (nSPS) is 18.4. The molecule has 2 aliphatic heterocycles. The van der Waals surface area contributed by atoms with Crippen molar-refractivity contribution in [2.75, 3.05) is 25.0 Å². The number of nitrogens with one attached hydrogen (secondary N) is 3. The van der Waals surface area contributed by atoms with E-state index >= 15 is 0 Å². The highest BCUT2D eigenvalue weighted by Crippen LogP contribution is 2.30. The van der Waals surface area contributed by atoms with Crippen LogP contribution in [-0.4, -0.2) is 57.3 Å². The average Bonchev–Trinajstić information content (AvgIpc) is 3.36. The number of aromatic amines is 1. The molecule has 154 valence electrons. The second kappa shape index (κ2) is 7.12. The number of benzene rings is 1. The van der Waals surface area contributed by atoms with Gasteiger partial charge in [-0.25, -0.2) is 9.97 Å². The summed E-state index contributed by atoms with van der Waals surface area (Å²) in [5.41, 5.74) is 5.86. The number of hydrogen-bond acceptors (Lipinski definition) is 5. The molecule has 0 bridgehead atoms. The third kappa shape index (κ3) is 3.18. The highest BCUT2D eigenvalue weighted by molar-refractivity contribution is 5.99. The number of hydrogen-bond donors (Lipinski definition) is 3. The number of anilines is 1. The molecule has 0 radical (unpaired) electrons. The fourth-order valence-corrected chi connectivity index (χ4v) is 4.32. The molecule has 0 spiro atoms. The molecule has 4 heterocycles. The smallest absolute Gasteiger partial charge is 0.253 e. The molecule has 1 unspecified atom stereocenters. The monoisotopic (exact) mass is 404 g/mol. The Labute approximate surface area is 174 Å². The molecule has 1 aromatic carbocycles. The van der Waals surface area contributed by atoms with Gasteiger partial charge in [-0.3, -0.25) is 9.59 Å². The van der Waals surface area contributed by atoms with Gasteiger partial charge in [-0.05, 0) is 25.5 Å². The van der Waals surface area contributed by atoms with Crippen LogP contribution in [0.1, 0.15) is 35.1 Å². The van der Waals surface area contributed by atoms with E-state index in [0.29, 0.717) is 18.7 Å². The Kier molecular flexibility index (Phi) is 4.42. The van der Waals surface area contributed by atoms with Crippen molar-refractivity contribution in [2.24, 2.45) is 0 Å². The summed E-state index contributed by atoms with van der Waals surface area (Å²) < 4.78 is 0. The van der Waals surface area contributed by atoms with Crippen molar-refractivity contribution in [1.29, 1.82) is 0 Å². The molecule has 5 rings (SSSR count). The van der Waals surface area contributed by atoms with Gasteiger partial charge in [-0.2, -0.15) is 0 Å². The number of likely N-dealkylation sites (tertiary alicyclic amines) is 1. The lowest BCUT2D eigenvalue weighted by Crippen LogP contribution is -2.31. The molecule has 1 atom stereocenters. The highest BCUT2D eigenvalue weighted by atomic mass is 16.2. The third-order valence-corrected chi connectivity index (χ3v) is 5.94. The summed E-state index contributed by atoms with van der Waals surface area (Å²) in [5.74, 6) is 0.793. The number of nitrogens with zero attached hydrogens (tertiary/aromatic N) is 3. The SMILES string of the molecule is CC(=O)N1CCC(Nc2nc3c(-c4cc5c([nH]4)CCNC5=O)cccc3nc2C)C1. The van der Waals surface area contributed by atoms with Gasteiger partial charge in [0.15, 0.2) is 0 Å². The minimum Gasteiger partial charge on any atom is -0.364 e. The van der Waals surface area contributed by atoms with Gasteiger partial charge in [0.1, 0.15) is 11.3 Å². The lowest BCUT2D eigenvalue weighted by atomic mass is 10.1. The van der Waals surface area contributed by atoms with Crippen LogP contribution in [0.4, 0.5) is 5.82 Å². The van der Waals surface area contributed by atoms with Crippen LogP contribution in [0.25, 0.3) is 22.3 Å². The molecule has 2 aromatic heterocycles. The fraction of sp³-hybridized carbons (Fsp3) is 0.364. The number of carbonyl (C=O) groups excluding carboxylic acids is 2. The van der Waals surface area contributed by atoms with Crippen molar-refractivity contribution >= 4 is 28.7 Å². The van der Waals surface area contributed by atoms with Crippen LogP contribution in [0.3, 0.4) is 0 Å².